The number of pyridine rings is 1. The molecular weight excluding hydrogens is 309 g/mol. The number of aromatic nitrogens is 1. The first-order valence-corrected chi connectivity index (χ1v) is 6.85. The van der Waals surface area contributed by atoms with Crippen LogP contribution in [0.3, 0.4) is 0 Å². The molecule has 2 aromatic rings. The standard InChI is InChI=1S/C15H19N3O.2ClH/c16-12-6-3-4-10(12)9-17-15-8-14(19)11-5-1-2-7-13(11)18-15;;/h1-2,5,7-8,10,12H,3-4,6,9,16H2,(H2,17,18,19);2*1H/t10-,12+;;/m1../s1. The Morgan fingerprint density at radius 2 is 2.00 bits per heavy atom. The van der Waals surface area contributed by atoms with Crippen LogP contribution in [0.1, 0.15) is 19.3 Å². The minimum Gasteiger partial charge on any atom is -0.371 e. The van der Waals surface area contributed by atoms with Gasteiger partial charge in [-0.05, 0) is 30.9 Å². The highest BCUT2D eigenvalue weighted by atomic mass is 35.5. The molecule has 3 rings (SSSR count). The van der Waals surface area contributed by atoms with Crippen LogP contribution in [0.5, 0.6) is 0 Å². The average molecular weight is 330 g/mol. The van der Waals surface area contributed by atoms with Gasteiger partial charge < -0.3 is 16.0 Å². The highest BCUT2D eigenvalue weighted by Gasteiger charge is 2.23. The van der Waals surface area contributed by atoms with Gasteiger partial charge >= 0.3 is 0 Å². The second-order valence-corrected chi connectivity index (χ2v) is 5.33. The normalized spacial score (nSPS) is 20.6. The summed E-state index contributed by atoms with van der Waals surface area (Å²) >= 11 is 0. The number of hydrogen-bond acceptors (Lipinski definition) is 3. The molecule has 0 spiro atoms. The fourth-order valence-corrected chi connectivity index (χ4v) is 2.85. The number of H-pyrrole nitrogens is 1. The van der Waals surface area contributed by atoms with Crippen LogP contribution in [0.4, 0.5) is 5.82 Å². The number of halogens is 2. The highest BCUT2D eigenvalue weighted by molar-refractivity contribution is 5.85. The van der Waals surface area contributed by atoms with Crippen LogP contribution in [0.15, 0.2) is 35.1 Å². The number of para-hydroxylation sites is 1. The van der Waals surface area contributed by atoms with Gasteiger partial charge in [0.1, 0.15) is 5.82 Å². The topological polar surface area (TPSA) is 70.9 Å². The molecule has 2 atom stereocenters. The van der Waals surface area contributed by atoms with Gasteiger partial charge in [-0.25, -0.2) is 0 Å². The zero-order valence-corrected chi connectivity index (χ0v) is 13.3. The van der Waals surface area contributed by atoms with E-state index in [1.165, 1.54) is 12.8 Å². The van der Waals surface area contributed by atoms with Crippen LogP contribution in [-0.2, 0) is 0 Å². The lowest BCUT2D eigenvalue weighted by Gasteiger charge is -2.16. The Hall–Kier alpha value is -1.23. The third kappa shape index (κ3) is 3.90. The molecule has 4 N–H and O–H groups in total. The Bertz CT molecular complexity index is 644. The number of aromatic amines is 1. The summed E-state index contributed by atoms with van der Waals surface area (Å²) < 4.78 is 0. The molecule has 1 aromatic heterocycles. The molecule has 0 saturated heterocycles. The Balaban J connectivity index is 0.00000110. The minimum absolute atomic E-state index is 0. The van der Waals surface area contributed by atoms with Crippen molar-refractivity contribution in [3.63, 3.8) is 0 Å². The molecule has 6 heteroatoms. The summed E-state index contributed by atoms with van der Waals surface area (Å²) in [6.45, 7) is 0.829. The average Bonchev–Trinajstić information content (AvgIpc) is 2.82. The van der Waals surface area contributed by atoms with Crippen molar-refractivity contribution in [2.45, 2.75) is 25.3 Å². The summed E-state index contributed by atoms with van der Waals surface area (Å²) in [5.74, 6) is 1.29. The van der Waals surface area contributed by atoms with E-state index in [-0.39, 0.29) is 30.2 Å². The molecule has 0 bridgehead atoms. The first-order chi connectivity index (χ1) is 9.24. The number of rotatable bonds is 3. The molecule has 1 saturated carbocycles. The minimum atomic E-state index is 0. The van der Waals surface area contributed by atoms with E-state index in [9.17, 15) is 4.79 Å². The highest BCUT2D eigenvalue weighted by Crippen LogP contribution is 2.24. The van der Waals surface area contributed by atoms with Crippen LogP contribution >= 0.6 is 24.8 Å². The maximum Gasteiger partial charge on any atom is 0.191 e. The first-order valence-electron chi connectivity index (χ1n) is 6.85. The van der Waals surface area contributed by atoms with Gasteiger partial charge in [-0.1, -0.05) is 18.6 Å². The van der Waals surface area contributed by atoms with E-state index in [2.05, 4.69) is 10.3 Å². The van der Waals surface area contributed by atoms with Crippen molar-refractivity contribution in [2.24, 2.45) is 11.7 Å². The summed E-state index contributed by atoms with van der Waals surface area (Å²) in [5.41, 5.74) is 6.97. The number of nitrogens with one attached hydrogen (secondary N) is 2. The second kappa shape index (κ2) is 7.69. The molecule has 1 heterocycles. The second-order valence-electron chi connectivity index (χ2n) is 5.33. The number of nitrogens with two attached hydrogens (primary N) is 1. The molecule has 1 aromatic carbocycles. The van der Waals surface area contributed by atoms with Crippen molar-refractivity contribution in [3.8, 4) is 0 Å². The summed E-state index contributed by atoms with van der Waals surface area (Å²) in [5, 5.41) is 4.04. The van der Waals surface area contributed by atoms with Crippen molar-refractivity contribution in [2.75, 3.05) is 11.9 Å². The number of anilines is 1. The molecule has 0 unspecified atom stereocenters. The van der Waals surface area contributed by atoms with Gasteiger partial charge in [0, 0.05) is 24.0 Å². The van der Waals surface area contributed by atoms with Crippen LogP contribution < -0.4 is 16.5 Å². The summed E-state index contributed by atoms with van der Waals surface area (Å²) in [6, 6.07) is 9.48. The van der Waals surface area contributed by atoms with Crippen molar-refractivity contribution in [1.82, 2.24) is 4.98 Å². The molecule has 0 radical (unpaired) electrons. The zero-order chi connectivity index (χ0) is 13.2. The van der Waals surface area contributed by atoms with Crippen LogP contribution in [0.25, 0.3) is 10.9 Å². The lowest BCUT2D eigenvalue weighted by molar-refractivity contribution is 0.504. The van der Waals surface area contributed by atoms with Gasteiger partial charge in [0.25, 0.3) is 0 Å². The van der Waals surface area contributed by atoms with Crippen molar-refractivity contribution >= 4 is 41.5 Å². The quantitative estimate of drug-likeness (QED) is 0.810. The molecule has 116 valence electrons. The molecular formula is C15H21Cl2N3O. The smallest absolute Gasteiger partial charge is 0.191 e. The van der Waals surface area contributed by atoms with E-state index in [1.54, 1.807) is 6.07 Å². The van der Waals surface area contributed by atoms with E-state index in [4.69, 9.17) is 5.73 Å². The van der Waals surface area contributed by atoms with Crippen LogP contribution in [0.2, 0.25) is 0 Å². The molecule has 0 aliphatic heterocycles. The molecule has 0 amide bonds. The molecule has 1 fully saturated rings. The Kier molecular flexibility index (Phi) is 6.52. The predicted octanol–water partition coefficient (Wildman–Crippen LogP) is 2.91. The lowest BCUT2D eigenvalue weighted by atomic mass is 10.1. The monoisotopic (exact) mass is 329 g/mol. The molecule has 1 aliphatic carbocycles. The number of hydrogen-bond donors (Lipinski definition) is 3. The van der Waals surface area contributed by atoms with Gasteiger partial charge in [0.15, 0.2) is 5.43 Å². The maximum absolute atomic E-state index is 12.0. The Labute approximate surface area is 136 Å². The van der Waals surface area contributed by atoms with Gasteiger partial charge in [0.05, 0.1) is 5.52 Å². The molecule has 21 heavy (non-hydrogen) atoms. The fourth-order valence-electron chi connectivity index (χ4n) is 2.85. The Morgan fingerprint density at radius 3 is 2.71 bits per heavy atom. The third-order valence-electron chi connectivity index (χ3n) is 4.01. The fraction of sp³-hybridized carbons (Fsp3) is 0.400. The summed E-state index contributed by atoms with van der Waals surface area (Å²) in [7, 11) is 0. The van der Waals surface area contributed by atoms with E-state index < -0.39 is 0 Å². The van der Waals surface area contributed by atoms with Gasteiger partial charge in [0.2, 0.25) is 0 Å². The van der Waals surface area contributed by atoms with Gasteiger partial charge in [-0.2, -0.15) is 0 Å². The number of benzene rings is 1. The zero-order valence-electron chi connectivity index (χ0n) is 11.7. The van der Waals surface area contributed by atoms with Crippen molar-refractivity contribution < 1.29 is 0 Å². The van der Waals surface area contributed by atoms with E-state index in [1.807, 2.05) is 24.3 Å². The van der Waals surface area contributed by atoms with Gasteiger partial charge in [-0.3, -0.25) is 4.79 Å². The van der Waals surface area contributed by atoms with Crippen molar-refractivity contribution in [3.05, 3.63) is 40.6 Å². The summed E-state index contributed by atoms with van der Waals surface area (Å²) in [4.78, 5) is 15.2. The SMILES string of the molecule is Cl.Cl.N[C@H]1CCC[C@@H]1CNc1cc(=O)c2ccccc2[nH]1. The summed E-state index contributed by atoms with van der Waals surface area (Å²) in [6.07, 6.45) is 3.49. The predicted molar refractivity (Wildman–Crippen MR) is 92.9 cm³/mol. The largest absolute Gasteiger partial charge is 0.371 e. The van der Waals surface area contributed by atoms with E-state index >= 15 is 0 Å². The van der Waals surface area contributed by atoms with E-state index in [0.717, 1.165) is 29.7 Å². The van der Waals surface area contributed by atoms with Crippen LogP contribution in [-0.4, -0.2) is 17.6 Å². The Morgan fingerprint density at radius 1 is 1.24 bits per heavy atom. The van der Waals surface area contributed by atoms with Crippen LogP contribution in [0, 0.1) is 5.92 Å². The lowest BCUT2D eigenvalue weighted by Crippen LogP contribution is -2.30. The first kappa shape index (κ1) is 17.8. The number of fused-ring (bicyclic) bond motifs is 1. The maximum atomic E-state index is 12.0. The van der Waals surface area contributed by atoms with Gasteiger partial charge in [-0.15, -0.1) is 24.8 Å². The third-order valence-corrected chi connectivity index (χ3v) is 4.01. The van der Waals surface area contributed by atoms with E-state index in [0.29, 0.717) is 12.0 Å². The molecule has 4 nitrogen and oxygen atoms in total. The molecule has 1 aliphatic rings. The van der Waals surface area contributed by atoms with Crippen molar-refractivity contribution in [1.29, 1.82) is 0 Å².